The Morgan fingerprint density at radius 2 is 2.13 bits per heavy atom. The van der Waals surface area contributed by atoms with Gasteiger partial charge in [-0.25, -0.2) is 12.7 Å². The van der Waals surface area contributed by atoms with Gasteiger partial charge in [0.15, 0.2) is 0 Å². The summed E-state index contributed by atoms with van der Waals surface area (Å²) < 4.78 is 24.1. The summed E-state index contributed by atoms with van der Waals surface area (Å²) in [4.78, 5) is 10.5. The fraction of sp³-hybridized carbons (Fsp3) is 0.667. The maximum Gasteiger partial charge on any atom is 0.307 e. The first-order chi connectivity index (χ1) is 6.81. The summed E-state index contributed by atoms with van der Waals surface area (Å²) >= 11 is 0. The molecular weight excluding hydrogens is 218 g/mol. The van der Waals surface area contributed by atoms with Crippen molar-refractivity contribution in [3.05, 3.63) is 12.7 Å². The lowest BCUT2D eigenvalue weighted by molar-refractivity contribution is -0.141. The molecule has 0 aliphatic heterocycles. The van der Waals surface area contributed by atoms with Gasteiger partial charge in [0, 0.05) is 13.6 Å². The van der Waals surface area contributed by atoms with Crippen molar-refractivity contribution in [1.82, 2.24) is 4.31 Å². The third kappa shape index (κ3) is 4.94. The van der Waals surface area contributed by atoms with Crippen LogP contribution >= 0.6 is 0 Å². The zero-order valence-electron chi connectivity index (χ0n) is 9.01. The Bertz CT molecular complexity index is 323. The minimum absolute atomic E-state index is 0.00515. The van der Waals surface area contributed by atoms with Gasteiger partial charge >= 0.3 is 5.97 Å². The Kier molecular flexibility index (Phi) is 5.53. The lowest BCUT2D eigenvalue weighted by atomic mass is 10.2. The highest BCUT2D eigenvalue weighted by atomic mass is 32.2. The molecule has 1 N–H and O–H groups in total. The van der Waals surface area contributed by atoms with Crippen LogP contribution < -0.4 is 0 Å². The van der Waals surface area contributed by atoms with E-state index >= 15 is 0 Å². The van der Waals surface area contributed by atoms with E-state index in [9.17, 15) is 13.2 Å². The third-order valence-corrected chi connectivity index (χ3v) is 3.86. The van der Waals surface area contributed by atoms with E-state index in [2.05, 4.69) is 6.58 Å². The second-order valence-corrected chi connectivity index (χ2v) is 5.61. The van der Waals surface area contributed by atoms with E-state index in [0.29, 0.717) is 6.42 Å². The van der Waals surface area contributed by atoms with Crippen LogP contribution in [0.15, 0.2) is 12.7 Å². The number of carboxylic acid groups (broad SMARTS) is 1. The molecule has 0 aromatic rings. The maximum atomic E-state index is 11.5. The highest BCUT2D eigenvalue weighted by Crippen LogP contribution is 2.05. The van der Waals surface area contributed by atoms with Crippen LogP contribution in [-0.4, -0.2) is 43.1 Å². The molecule has 1 unspecified atom stereocenters. The quantitative estimate of drug-likeness (QED) is 0.654. The predicted molar refractivity (Wildman–Crippen MR) is 58.0 cm³/mol. The predicted octanol–water partition coefficient (Wildman–Crippen LogP) is 0.545. The zero-order valence-corrected chi connectivity index (χ0v) is 9.83. The monoisotopic (exact) mass is 235 g/mol. The van der Waals surface area contributed by atoms with Gasteiger partial charge in [-0.2, -0.15) is 0 Å². The smallest absolute Gasteiger partial charge is 0.307 e. The standard InChI is InChI=1S/C9H17NO4S/c1-4-5-6-15(13,14)10(3)7-8(2)9(11)12/h4,8H,1,5-7H2,2-3H3,(H,11,12). The van der Waals surface area contributed by atoms with Crippen LogP contribution in [0, 0.1) is 5.92 Å². The Morgan fingerprint density at radius 1 is 1.60 bits per heavy atom. The van der Waals surface area contributed by atoms with Gasteiger partial charge in [0.2, 0.25) is 10.0 Å². The second-order valence-electron chi connectivity index (χ2n) is 3.41. The lowest BCUT2D eigenvalue weighted by Gasteiger charge is -2.18. The number of aliphatic carboxylic acids is 1. The fourth-order valence-corrected chi connectivity index (χ4v) is 2.19. The molecular formula is C9H17NO4S. The summed E-state index contributed by atoms with van der Waals surface area (Å²) in [5.74, 6) is -1.73. The van der Waals surface area contributed by atoms with Crippen molar-refractivity contribution in [2.75, 3.05) is 19.3 Å². The van der Waals surface area contributed by atoms with E-state index in [4.69, 9.17) is 5.11 Å². The fourth-order valence-electron chi connectivity index (χ4n) is 0.965. The molecule has 0 spiro atoms. The van der Waals surface area contributed by atoms with Crippen LogP contribution in [0.2, 0.25) is 0 Å². The van der Waals surface area contributed by atoms with Crippen molar-refractivity contribution >= 4 is 16.0 Å². The molecule has 0 aromatic heterocycles. The number of carbonyl (C=O) groups is 1. The van der Waals surface area contributed by atoms with Crippen LogP contribution in [0.25, 0.3) is 0 Å². The van der Waals surface area contributed by atoms with Crippen LogP contribution in [-0.2, 0) is 14.8 Å². The van der Waals surface area contributed by atoms with Gasteiger partial charge < -0.3 is 5.11 Å². The number of hydrogen-bond donors (Lipinski definition) is 1. The molecule has 88 valence electrons. The molecule has 6 heteroatoms. The first-order valence-electron chi connectivity index (χ1n) is 4.59. The molecule has 0 saturated carbocycles. The highest BCUT2D eigenvalue weighted by Gasteiger charge is 2.21. The van der Waals surface area contributed by atoms with Crippen molar-refractivity contribution in [1.29, 1.82) is 0 Å². The third-order valence-electron chi connectivity index (χ3n) is 2.01. The number of rotatable bonds is 7. The highest BCUT2D eigenvalue weighted by molar-refractivity contribution is 7.89. The molecule has 0 heterocycles. The Balaban J connectivity index is 4.37. The number of hydrogen-bond acceptors (Lipinski definition) is 3. The van der Waals surface area contributed by atoms with Crippen molar-refractivity contribution in [2.45, 2.75) is 13.3 Å². The molecule has 0 amide bonds. The van der Waals surface area contributed by atoms with Gasteiger partial charge in [-0.05, 0) is 6.42 Å². The lowest BCUT2D eigenvalue weighted by Crippen LogP contribution is -2.35. The molecule has 1 atom stereocenters. The molecule has 0 fully saturated rings. The van der Waals surface area contributed by atoms with Crippen LogP contribution in [0.1, 0.15) is 13.3 Å². The Hall–Kier alpha value is -0.880. The molecule has 0 bridgehead atoms. The number of allylic oxidation sites excluding steroid dienone is 1. The maximum absolute atomic E-state index is 11.5. The first kappa shape index (κ1) is 14.1. The summed E-state index contributed by atoms with van der Waals surface area (Å²) in [6.07, 6.45) is 1.89. The van der Waals surface area contributed by atoms with E-state index in [1.807, 2.05) is 0 Å². The molecule has 15 heavy (non-hydrogen) atoms. The van der Waals surface area contributed by atoms with Crippen LogP contribution in [0.4, 0.5) is 0 Å². The van der Waals surface area contributed by atoms with Gasteiger partial charge in [-0.15, -0.1) is 6.58 Å². The van der Waals surface area contributed by atoms with Crippen molar-refractivity contribution in [3.63, 3.8) is 0 Å². The summed E-state index contributed by atoms with van der Waals surface area (Å²) in [5, 5.41) is 8.64. The van der Waals surface area contributed by atoms with E-state index in [1.54, 1.807) is 0 Å². The van der Waals surface area contributed by atoms with Gasteiger partial charge in [-0.1, -0.05) is 13.0 Å². The topological polar surface area (TPSA) is 74.7 Å². The average Bonchev–Trinajstić information content (AvgIpc) is 2.14. The van der Waals surface area contributed by atoms with E-state index in [0.717, 1.165) is 4.31 Å². The summed E-state index contributed by atoms with van der Waals surface area (Å²) in [5.41, 5.74) is 0. The summed E-state index contributed by atoms with van der Waals surface area (Å²) in [7, 11) is -1.97. The Labute approximate surface area is 90.4 Å². The minimum atomic E-state index is -3.35. The number of sulfonamides is 1. The summed E-state index contributed by atoms with van der Waals surface area (Å²) in [6, 6.07) is 0. The van der Waals surface area contributed by atoms with Gasteiger partial charge in [-0.3, -0.25) is 4.79 Å². The Morgan fingerprint density at radius 3 is 2.53 bits per heavy atom. The van der Waals surface area contributed by atoms with Crippen molar-refractivity contribution in [2.24, 2.45) is 5.92 Å². The molecule has 0 radical (unpaired) electrons. The number of carboxylic acids is 1. The average molecular weight is 235 g/mol. The van der Waals surface area contributed by atoms with Gasteiger partial charge in [0.1, 0.15) is 0 Å². The first-order valence-corrected chi connectivity index (χ1v) is 6.20. The molecule has 0 saturated heterocycles. The summed E-state index contributed by atoms with van der Waals surface area (Å²) in [6.45, 7) is 4.90. The van der Waals surface area contributed by atoms with E-state index < -0.39 is 21.9 Å². The van der Waals surface area contributed by atoms with Crippen molar-refractivity contribution in [3.8, 4) is 0 Å². The van der Waals surface area contributed by atoms with E-state index in [-0.39, 0.29) is 12.3 Å². The largest absolute Gasteiger partial charge is 0.481 e. The van der Waals surface area contributed by atoms with Crippen molar-refractivity contribution < 1.29 is 18.3 Å². The van der Waals surface area contributed by atoms with Gasteiger partial charge in [0.05, 0.1) is 11.7 Å². The normalized spacial score (nSPS) is 13.8. The van der Waals surface area contributed by atoms with E-state index in [1.165, 1.54) is 20.0 Å². The SMILES string of the molecule is C=CCCS(=O)(=O)N(C)CC(C)C(=O)O. The second kappa shape index (κ2) is 5.87. The molecule has 0 aliphatic carbocycles. The minimum Gasteiger partial charge on any atom is -0.481 e. The molecule has 0 rings (SSSR count). The van der Waals surface area contributed by atoms with Gasteiger partial charge in [0.25, 0.3) is 0 Å². The molecule has 0 aromatic carbocycles. The van der Waals surface area contributed by atoms with Crippen LogP contribution in [0.5, 0.6) is 0 Å². The number of nitrogens with zero attached hydrogens (tertiary/aromatic N) is 1. The van der Waals surface area contributed by atoms with Crippen LogP contribution in [0.3, 0.4) is 0 Å². The molecule has 5 nitrogen and oxygen atoms in total. The zero-order chi connectivity index (χ0) is 12.1. The molecule has 0 aliphatic rings.